The van der Waals surface area contributed by atoms with Crippen molar-refractivity contribution in [2.24, 2.45) is 0 Å². The molecule has 0 saturated heterocycles. The molecule has 1 aromatic heterocycles. The maximum absolute atomic E-state index is 12.1. The highest BCUT2D eigenvalue weighted by Gasteiger charge is 2.17. The van der Waals surface area contributed by atoms with Gasteiger partial charge in [0, 0.05) is 12.6 Å². The molecule has 1 N–H and O–H groups in total. The molecule has 0 bridgehead atoms. The van der Waals surface area contributed by atoms with Crippen LogP contribution in [0.1, 0.15) is 24.3 Å². The molecule has 0 aliphatic carbocycles. The van der Waals surface area contributed by atoms with Gasteiger partial charge in [-0.3, -0.25) is 9.48 Å². The number of rotatable bonds is 7. The van der Waals surface area contributed by atoms with Crippen LogP contribution < -0.4 is 5.32 Å². The molecule has 0 fully saturated rings. The quantitative estimate of drug-likeness (QED) is 0.772. The largest absolute Gasteiger partial charge is 0.308 e. The predicted octanol–water partition coefficient (Wildman–Crippen LogP) is 1.39. The topological polar surface area (TPSA) is 50.2 Å². The summed E-state index contributed by atoms with van der Waals surface area (Å²) >= 11 is 3.39. The Bertz CT molecular complexity index is 401. The van der Waals surface area contributed by atoms with Crippen molar-refractivity contribution in [1.29, 1.82) is 0 Å². The number of hydrogen-bond donors (Lipinski definition) is 1. The highest BCUT2D eigenvalue weighted by atomic mass is 79.9. The lowest BCUT2D eigenvalue weighted by molar-refractivity contribution is 0.0976. The van der Waals surface area contributed by atoms with Gasteiger partial charge in [0.05, 0.1) is 23.8 Å². The molecule has 0 aliphatic heterocycles. The Labute approximate surface area is 117 Å². The van der Waals surface area contributed by atoms with Gasteiger partial charge in [0.25, 0.3) is 0 Å². The van der Waals surface area contributed by atoms with Gasteiger partial charge in [-0.1, -0.05) is 13.8 Å². The molecule has 1 rings (SSSR count). The maximum atomic E-state index is 12.1. The van der Waals surface area contributed by atoms with Gasteiger partial charge in [0.15, 0.2) is 5.78 Å². The number of nitrogens with zero attached hydrogens (tertiary/aromatic N) is 3. The van der Waals surface area contributed by atoms with E-state index >= 15 is 0 Å². The molecule has 0 aromatic carbocycles. The fraction of sp³-hybridized carbons (Fsp3) is 0.667. The van der Waals surface area contributed by atoms with Crippen LogP contribution in [0, 0.1) is 0 Å². The Morgan fingerprint density at radius 2 is 2.22 bits per heavy atom. The molecular formula is C12H21BrN4O. The number of halogens is 1. The Morgan fingerprint density at radius 1 is 1.56 bits per heavy atom. The summed E-state index contributed by atoms with van der Waals surface area (Å²) in [5.74, 6) is 0.0619. The monoisotopic (exact) mass is 316 g/mol. The van der Waals surface area contributed by atoms with E-state index in [0.717, 1.165) is 11.0 Å². The molecule has 0 saturated carbocycles. The van der Waals surface area contributed by atoms with Gasteiger partial charge < -0.3 is 10.2 Å². The standard InChI is InChI=1S/C12H21BrN4O/c1-9(2)14-8-11(18)12-10(13)7-15-17(12)6-5-16(3)4/h7,9,14H,5-6,8H2,1-4H3. The molecule has 0 spiro atoms. The Balaban J connectivity index is 2.73. The first-order chi connectivity index (χ1) is 8.41. The molecule has 18 heavy (non-hydrogen) atoms. The minimum atomic E-state index is 0.0619. The second kappa shape index (κ2) is 7.01. The molecule has 0 aliphatic rings. The van der Waals surface area contributed by atoms with E-state index in [1.807, 2.05) is 27.9 Å². The van der Waals surface area contributed by atoms with Gasteiger partial charge >= 0.3 is 0 Å². The zero-order valence-electron chi connectivity index (χ0n) is 11.4. The maximum Gasteiger partial charge on any atom is 0.195 e. The third kappa shape index (κ3) is 4.51. The molecule has 0 radical (unpaired) electrons. The zero-order valence-corrected chi connectivity index (χ0v) is 13.0. The summed E-state index contributed by atoms with van der Waals surface area (Å²) in [5, 5.41) is 7.36. The number of likely N-dealkylation sites (N-methyl/N-ethyl adjacent to an activating group) is 1. The predicted molar refractivity (Wildman–Crippen MR) is 76.0 cm³/mol. The minimum absolute atomic E-state index is 0.0619. The smallest absolute Gasteiger partial charge is 0.195 e. The van der Waals surface area contributed by atoms with E-state index in [9.17, 15) is 4.79 Å². The SMILES string of the molecule is CC(C)NCC(=O)c1c(Br)cnn1CCN(C)C. The molecule has 6 heteroatoms. The molecule has 1 heterocycles. The van der Waals surface area contributed by atoms with Gasteiger partial charge in [-0.05, 0) is 30.0 Å². The van der Waals surface area contributed by atoms with Crippen molar-refractivity contribution in [3.05, 3.63) is 16.4 Å². The van der Waals surface area contributed by atoms with Crippen molar-refractivity contribution < 1.29 is 4.79 Å². The van der Waals surface area contributed by atoms with Crippen LogP contribution in [0.2, 0.25) is 0 Å². The average molecular weight is 317 g/mol. The summed E-state index contributed by atoms with van der Waals surface area (Å²) in [7, 11) is 4.00. The van der Waals surface area contributed by atoms with Crippen LogP contribution >= 0.6 is 15.9 Å². The van der Waals surface area contributed by atoms with E-state index in [4.69, 9.17) is 0 Å². The Morgan fingerprint density at radius 3 is 2.78 bits per heavy atom. The molecule has 0 unspecified atom stereocenters. The van der Waals surface area contributed by atoms with E-state index in [1.54, 1.807) is 10.9 Å². The summed E-state index contributed by atoms with van der Waals surface area (Å²) in [6.07, 6.45) is 1.68. The summed E-state index contributed by atoms with van der Waals surface area (Å²) < 4.78 is 2.52. The van der Waals surface area contributed by atoms with Crippen LogP contribution in [-0.4, -0.2) is 53.7 Å². The number of carbonyl (C=O) groups excluding carboxylic acids is 1. The second-order valence-electron chi connectivity index (χ2n) is 4.83. The van der Waals surface area contributed by atoms with Crippen molar-refractivity contribution >= 4 is 21.7 Å². The first-order valence-electron chi connectivity index (χ1n) is 6.04. The molecule has 0 atom stereocenters. The van der Waals surface area contributed by atoms with Crippen molar-refractivity contribution in [2.75, 3.05) is 27.2 Å². The van der Waals surface area contributed by atoms with E-state index in [0.29, 0.717) is 24.8 Å². The first-order valence-corrected chi connectivity index (χ1v) is 6.83. The van der Waals surface area contributed by atoms with E-state index < -0.39 is 0 Å². The number of nitrogens with one attached hydrogen (secondary N) is 1. The number of aromatic nitrogens is 2. The highest BCUT2D eigenvalue weighted by Crippen LogP contribution is 2.16. The van der Waals surface area contributed by atoms with Gasteiger partial charge in [-0.25, -0.2) is 0 Å². The van der Waals surface area contributed by atoms with Crippen molar-refractivity contribution in [3.63, 3.8) is 0 Å². The van der Waals surface area contributed by atoms with Crippen LogP contribution in [-0.2, 0) is 6.54 Å². The van der Waals surface area contributed by atoms with Crippen molar-refractivity contribution in [3.8, 4) is 0 Å². The summed E-state index contributed by atoms with van der Waals surface area (Å²) in [6, 6.07) is 0.297. The Kier molecular flexibility index (Phi) is 5.98. The number of ketones is 1. The molecular weight excluding hydrogens is 296 g/mol. The van der Waals surface area contributed by atoms with Crippen LogP contribution in [0.5, 0.6) is 0 Å². The summed E-state index contributed by atoms with van der Waals surface area (Å²) in [4.78, 5) is 14.2. The van der Waals surface area contributed by atoms with Gasteiger partial charge in [-0.2, -0.15) is 5.10 Å². The Hall–Kier alpha value is -0.720. The fourth-order valence-electron chi connectivity index (χ4n) is 1.48. The third-order valence-corrected chi connectivity index (χ3v) is 3.07. The van der Waals surface area contributed by atoms with E-state index in [2.05, 4.69) is 31.2 Å². The van der Waals surface area contributed by atoms with Gasteiger partial charge in [0.2, 0.25) is 0 Å². The van der Waals surface area contributed by atoms with Crippen molar-refractivity contribution in [1.82, 2.24) is 20.0 Å². The highest BCUT2D eigenvalue weighted by molar-refractivity contribution is 9.10. The van der Waals surface area contributed by atoms with E-state index in [1.165, 1.54) is 0 Å². The average Bonchev–Trinajstić information content (AvgIpc) is 2.64. The lowest BCUT2D eigenvalue weighted by atomic mass is 10.2. The second-order valence-corrected chi connectivity index (χ2v) is 5.68. The molecule has 5 nitrogen and oxygen atoms in total. The number of Topliss-reactive ketones (excluding diaryl/α,β-unsaturated/α-hetero) is 1. The van der Waals surface area contributed by atoms with E-state index in [-0.39, 0.29) is 5.78 Å². The first kappa shape index (κ1) is 15.3. The normalized spacial score (nSPS) is 11.5. The third-order valence-electron chi connectivity index (χ3n) is 2.49. The van der Waals surface area contributed by atoms with Gasteiger partial charge in [-0.15, -0.1) is 0 Å². The van der Waals surface area contributed by atoms with Gasteiger partial charge in [0.1, 0.15) is 5.69 Å². The molecule has 1 aromatic rings. The summed E-state index contributed by atoms with van der Waals surface area (Å²) in [6.45, 7) is 5.94. The number of carbonyl (C=O) groups is 1. The van der Waals surface area contributed by atoms with Crippen LogP contribution in [0.3, 0.4) is 0 Å². The van der Waals surface area contributed by atoms with Crippen LogP contribution in [0.25, 0.3) is 0 Å². The fourth-order valence-corrected chi connectivity index (χ4v) is 2.00. The molecule has 0 amide bonds. The number of hydrogen-bond acceptors (Lipinski definition) is 4. The lowest BCUT2D eigenvalue weighted by Gasteiger charge is -2.12. The van der Waals surface area contributed by atoms with Crippen molar-refractivity contribution in [2.45, 2.75) is 26.4 Å². The zero-order chi connectivity index (χ0) is 13.7. The lowest BCUT2D eigenvalue weighted by Crippen LogP contribution is -2.31. The minimum Gasteiger partial charge on any atom is -0.308 e. The molecule has 102 valence electrons. The summed E-state index contributed by atoms with van der Waals surface area (Å²) in [5.41, 5.74) is 0.644. The van der Waals surface area contributed by atoms with Crippen LogP contribution in [0.4, 0.5) is 0 Å². The van der Waals surface area contributed by atoms with Crippen LogP contribution in [0.15, 0.2) is 10.7 Å².